The van der Waals surface area contributed by atoms with E-state index in [1.54, 1.807) is 6.92 Å². The smallest absolute Gasteiger partial charge is 0.340 e. The minimum atomic E-state index is -0.591. The van der Waals surface area contributed by atoms with Gasteiger partial charge in [-0.05, 0) is 33.3 Å². The molecule has 0 amide bonds. The molecule has 0 bridgehead atoms. The molecule has 0 aliphatic rings. The van der Waals surface area contributed by atoms with Gasteiger partial charge in [0.2, 0.25) is 0 Å². The van der Waals surface area contributed by atoms with Crippen LogP contribution in [0.1, 0.15) is 44.5 Å². The van der Waals surface area contributed by atoms with E-state index in [1.165, 1.54) is 6.07 Å². The normalized spacial score (nSPS) is 11.2. The number of hydrogen-bond acceptors (Lipinski definition) is 4. The standard InChI is InChI=1S/C14H20FNO3/c1-5-14(3,4)19-12-7-9(13(17)18-6-2)11(16)8-10(12)15/h7-8H,5-6,16H2,1-4H3. The molecule has 0 atom stereocenters. The fourth-order valence-corrected chi connectivity index (χ4v) is 1.40. The summed E-state index contributed by atoms with van der Waals surface area (Å²) in [7, 11) is 0. The summed E-state index contributed by atoms with van der Waals surface area (Å²) in [5.41, 5.74) is 5.25. The summed E-state index contributed by atoms with van der Waals surface area (Å²) in [4.78, 5) is 11.7. The number of hydrogen-bond donors (Lipinski definition) is 1. The van der Waals surface area contributed by atoms with Crippen LogP contribution in [-0.4, -0.2) is 18.2 Å². The summed E-state index contributed by atoms with van der Waals surface area (Å²) < 4.78 is 24.2. The molecule has 0 aliphatic carbocycles. The Morgan fingerprint density at radius 2 is 2.00 bits per heavy atom. The number of halogens is 1. The van der Waals surface area contributed by atoms with Crippen molar-refractivity contribution in [1.29, 1.82) is 0 Å². The first kappa shape index (κ1) is 15.3. The molecular formula is C14H20FNO3. The van der Waals surface area contributed by atoms with Gasteiger partial charge in [-0.15, -0.1) is 0 Å². The second-order valence-electron chi connectivity index (χ2n) is 4.81. The minimum absolute atomic E-state index is 0.00380. The minimum Gasteiger partial charge on any atom is -0.485 e. The highest BCUT2D eigenvalue weighted by molar-refractivity contribution is 5.95. The Hall–Kier alpha value is -1.78. The van der Waals surface area contributed by atoms with Crippen LogP contribution in [0, 0.1) is 5.82 Å². The largest absolute Gasteiger partial charge is 0.485 e. The molecule has 0 radical (unpaired) electrons. The van der Waals surface area contributed by atoms with E-state index in [-0.39, 0.29) is 23.6 Å². The van der Waals surface area contributed by atoms with Crippen molar-refractivity contribution in [3.63, 3.8) is 0 Å². The van der Waals surface area contributed by atoms with Gasteiger partial charge < -0.3 is 15.2 Å². The summed E-state index contributed by atoms with van der Waals surface area (Å²) in [5, 5.41) is 0. The lowest BCUT2D eigenvalue weighted by atomic mass is 10.1. The summed E-state index contributed by atoms with van der Waals surface area (Å²) >= 11 is 0. The van der Waals surface area contributed by atoms with Crippen LogP contribution >= 0.6 is 0 Å². The maximum absolute atomic E-state index is 13.8. The lowest BCUT2D eigenvalue weighted by Crippen LogP contribution is -2.27. The fraction of sp³-hybridized carbons (Fsp3) is 0.500. The molecule has 4 nitrogen and oxygen atoms in total. The number of rotatable bonds is 5. The predicted octanol–water partition coefficient (Wildman–Crippen LogP) is 3.15. The molecule has 0 fully saturated rings. The van der Waals surface area contributed by atoms with E-state index in [1.807, 2.05) is 20.8 Å². The van der Waals surface area contributed by atoms with Crippen LogP contribution in [0.15, 0.2) is 12.1 Å². The molecule has 0 spiro atoms. The Labute approximate surface area is 112 Å². The first-order chi connectivity index (χ1) is 8.80. The molecule has 19 heavy (non-hydrogen) atoms. The van der Waals surface area contributed by atoms with Crippen molar-refractivity contribution in [1.82, 2.24) is 0 Å². The number of carbonyl (C=O) groups excluding carboxylic acids is 1. The molecular weight excluding hydrogens is 249 g/mol. The van der Waals surface area contributed by atoms with Gasteiger partial charge in [0.15, 0.2) is 11.6 Å². The number of anilines is 1. The number of nitrogen functional groups attached to an aromatic ring is 1. The van der Waals surface area contributed by atoms with E-state index in [9.17, 15) is 9.18 Å². The molecule has 0 saturated carbocycles. The zero-order valence-electron chi connectivity index (χ0n) is 11.7. The first-order valence-electron chi connectivity index (χ1n) is 6.26. The van der Waals surface area contributed by atoms with E-state index in [2.05, 4.69) is 0 Å². The van der Waals surface area contributed by atoms with Crippen molar-refractivity contribution < 1.29 is 18.7 Å². The third-order valence-electron chi connectivity index (χ3n) is 2.84. The average molecular weight is 269 g/mol. The molecule has 0 aromatic heterocycles. The van der Waals surface area contributed by atoms with Crippen LogP contribution in [0.5, 0.6) is 5.75 Å². The van der Waals surface area contributed by atoms with E-state index >= 15 is 0 Å². The van der Waals surface area contributed by atoms with Gasteiger partial charge in [-0.3, -0.25) is 0 Å². The monoisotopic (exact) mass is 269 g/mol. The van der Waals surface area contributed by atoms with Crippen molar-refractivity contribution in [2.75, 3.05) is 12.3 Å². The molecule has 0 saturated heterocycles. The molecule has 106 valence electrons. The Morgan fingerprint density at radius 1 is 1.37 bits per heavy atom. The molecule has 0 heterocycles. The van der Waals surface area contributed by atoms with Crippen LogP contribution in [0.25, 0.3) is 0 Å². The van der Waals surface area contributed by atoms with E-state index in [0.29, 0.717) is 6.42 Å². The van der Waals surface area contributed by atoms with E-state index in [0.717, 1.165) is 6.07 Å². The molecule has 2 N–H and O–H groups in total. The topological polar surface area (TPSA) is 61.5 Å². The van der Waals surface area contributed by atoms with Gasteiger partial charge in [0.05, 0.1) is 12.2 Å². The number of esters is 1. The van der Waals surface area contributed by atoms with Gasteiger partial charge >= 0.3 is 5.97 Å². The van der Waals surface area contributed by atoms with Crippen LogP contribution in [-0.2, 0) is 4.74 Å². The highest BCUT2D eigenvalue weighted by atomic mass is 19.1. The molecule has 1 aromatic carbocycles. The zero-order valence-corrected chi connectivity index (χ0v) is 11.7. The number of nitrogens with two attached hydrogens (primary N) is 1. The fourth-order valence-electron chi connectivity index (χ4n) is 1.40. The molecule has 1 aromatic rings. The number of carbonyl (C=O) groups is 1. The Kier molecular flexibility index (Phi) is 4.75. The van der Waals surface area contributed by atoms with Crippen molar-refractivity contribution in [2.45, 2.75) is 39.7 Å². The predicted molar refractivity (Wildman–Crippen MR) is 71.8 cm³/mol. The van der Waals surface area contributed by atoms with Gasteiger partial charge in [0, 0.05) is 11.8 Å². The van der Waals surface area contributed by atoms with Gasteiger partial charge in [-0.25, -0.2) is 9.18 Å². The quantitative estimate of drug-likeness (QED) is 0.659. The third-order valence-corrected chi connectivity index (χ3v) is 2.84. The van der Waals surface area contributed by atoms with Crippen molar-refractivity contribution in [3.8, 4) is 5.75 Å². The molecule has 0 unspecified atom stereocenters. The first-order valence-corrected chi connectivity index (χ1v) is 6.26. The van der Waals surface area contributed by atoms with Crippen molar-refractivity contribution in [3.05, 3.63) is 23.5 Å². The lowest BCUT2D eigenvalue weighted by molar-refractivity contribution is 0.0524. The molecule has 0 aliphatic heterocycles. The maximum Gasteiger partial charge on any atom is 0.340 e. The summed E-state index contributed by atoms with van der Waals surface area (Å²) in [6, 6.07) is 2.37. The van der Waals surface area contributed by atoms with Gasteiger partial charge in [0.1, 0.15) is 5.60 Å². The van der Waals surface area contributed by atoms with Gasteiger partial charge in [0.25, 0.3) is 0 Å². The third kappa shape index (κ3) is 3.84. The highest BCUT2D eigenvalue weighted by Gasteiger charge is 2.22. The SMILES string of the molecule is CCOC(=O)c1cc(OC(C)(C)CC)c(F)cc1N. The summed E-state index contributed by atoms with van der Waals surface area (Å²) in [5.74, 6) is -1.17. The zero-order chi connectivity index (χ0) is 14.6. The van der Waals surface area contributed by atoms with Gasteiger partial charge in [-0.2, -0.15) is 0 Å². The van der Waals surface area contributed by atoms with Crippen LogP contribution in [0.4, 0.5) is 10.1 Å². The van der Waals surface area contributed by atoms with Crippen LogP contribution in [0.3, 0.4) is 0 Å². The molecule has 5 heteroatoms. The molecule has 1 rings (SSSR count). The Morgan fingerprint density at radius 3 is 2.53 bits per heavy atom. The van der Waals surface area contributed by atoms with E-state index < -0.39 is 17.4 Å². The van der Waals surface area contributed by atoms with Gasteiger partial charge in [-0.1, -0.05) is 6.92 Å². The second kappa shape index (κ2) is 5.91. The van der Waals surface area contributed by atoms with Crippen LogP contribution in [0.2, 0.25) is 0 Å². The Bertz CT molecular complexity index is 472. The summed E-state index contributed by atoms with van der Waals surface area (Å²) in [6.45, 7) is 7.53. The van der Waals surface area contributed by atoms with Crippen molar-refractivity contribution >= 4 is 11.7 Å². The van der Waals surface area contributed by atoms with E-state index in [4.69, 9.17) is 15.2 Å². The highest BCUT2D eigenvalue weighted by Crippen LogP contribution is 2.28. The van der Waals surface area contributed by atoms with Crippen molar-refractivity contribution in [2.24, 2.45) is 0 Å². The summed E-state index contributed by atoms with van der Waals surface area (Å²) in [6.07, 6.45) is 0.700. The maximum atomic E-state index is 13.8. The number of benzene rings is 1. The second-order valence-corrected chi connectivity index (χ2v) is 4.81. The lowest BCUT2D eigenvalue weighted by Gasteiger charge is -2.25. The number of ether oxygens (including phenoxy) is 2. The van der Waals surface area contributed by atoms with Crippen LogP contribution < -0.4 is 10.5 Å². The Balaban J connectivity index is 3.13. The average Bonchev–Trinajstić information content (AvgIpc) is 2.32.